The first kappa shape index (κ1) is 18.0. The highest BCUT2D eigenvalue weighted by Gasteiger charge is 2.28. The lowest BCUT2D eigenvalue weighted by atomic mass is 10.0. The van der Waals surface area contributed by atoms with E-state index in [1.54, 1.807) is 6.07 Å². The molecule has 0 aliphatic carbocycles. The maximum absolute atomic E-state index is 12.4. The summed E-state index contributed by atoms with van der Waals surface area (Å²) in [6.45, 7) is 6.57. The van der Waals surface area contributed by atoms with E-state index in [4.69, 9.17) is 9.72 Å². The molecule has 0 unspecified atom stereocenters. The molecule has 2 saturated heterocycles. The number of benzene rings is 1. The van der Waals surface area contributed by atoms with E-state index < -0.39 is 0 Å². The second-order valence-electron chi connectivity index (χ2n) is 7.77. The van der Waals surface area contributed by atoms with E-state index >= 15 is 0 Å². The summed E-state index contributed by atoms with van der Waals surface area (Å²) >= 11 is 0. The van der Waals surface area contributed by atoms with Crippen LogP contribution >= 0.6 is 0 Å². The van der Waals surface area contributed by atoms with Crippen molar-refractivity contribution in [2.24, 2.45) is 0 Å². The molecule has 3 heterocycles. The van der Waals surface area contributed by atoms with Crippen molar-refractivity contribution in [3.8, 4) is 0 Å². The summed E-state index contributed by atoms with van der Waals surface area (Å²) in [5, 5.41) is 0. The molecule has 0 saturated carbocycles. The highest BCUT2D eigenvalue weighted by atomic mass is 16.5. The molecular weight excluding hydrogens is 340 g/mol. The third-order valence-electron chi connectivity index (χ3n) is 5.42. The summed E-state index contributed by atoms with van der Waals surface area (Å²) in [6, 6.07) is 12.5. The van der Waals surface area contributed by atoms with Gasteiger partial charge in [0.1, 0.15) is 5.82 Å². The molecule has 6 nitrogen and oxygen atoms in total. The number of hydrogen-bond acceptors (Lipinski definition) is 5. The molecule has 1 aromatic carbocycles. The molecule has 144 valence electrons. The minimum absolute atomic E-state index is 0.0906. The standard InChI is InChI=1S/C21H28N4O2/c1-15-13-24(14-16(2)27-15)19-12-20(26)23-21(22-19)25-10-6-9-18(25)11-17-7-4-3-5-8-17/h3-5,7-8,12,15-16,18H,6,9-11,13-14H2,1-2H3,(H,22,23,26)/t15-,16+,18-/m1/s1. The maximum Gasteiger partial charge on any atom is 0.254 e. The van der Waals surface area contributed by atoms with Crippen LogP contribution in [0.3, 0.4) is 0 Å². The zero-order chi connectivity index (χ0) is 18.8. The third-order valence-corrected chi connectivity index (χ3v) is 5.42. The summed E-state index contributed by atoms with van der Waals surface area (Å²) in [5.74, 6) is 1.45. The fourth-order valence-electron chi connectivity index (χ4n) is 4.31. The molecule has 3 atom stereocenters. The molecule has 27 heavy (non-hydrogen) atoms. The number of nitrogens with zero attached hydrogens (tertiary/aromatic N) is 3. The fraction of sp³-hybridized carbons (Fsp3) is 0.524. The minimum atomic E-state index is -0.0906. The Balaban J connectivity index is 1.57. The number of morpholine rings is 1. The van der Waals surface area contributed by atoms with E-state index in [-0.39, 0.29) is 17.8 Å². The molecule has 0 amide bonds. The molecule has 6 heteroatoms. The van der Waals surface area contributed by atoms with Crippen LogP contribution in [0.4, 0.5) is 11.8 Å². The second-order valence-corrected chi connectivity index (χ2v) is 7.77. The largest absolute Gasteiger partial charge is 0.372 e. The van der Waals surface area contributed by atoms with Crippen LogP contribution in [0, 0.1) is 0 Å². The van der Waals surface area contributed by atoms with Crippen LogP contribution in [0.2, 0.25) is 0 Å². The monoisotopic (exact) mass is 368 g/mol. The number of aromatic amines is 1. The molecule has 2 fully saturated rings. The lowest BCUT2D eigenvalue weighted by Gasteiger charge is -2.36. The van der Waals surface area contributed by atoms with Gasteiger partial charge in [0.15, 0.2) is 0 Å². The Hall–Kier alpha value is -2.34. The Morgan fingerprint density at radius 3 is 2.67 bits per heavy atom. The van der Waals surface area contributed by atoms with Crippen LogP contribution in [0.15, 0.2) is 41.2 Å². The number of rotatable bonds is 4. The number of aromatic nitrogens is 2. The predicted molar refractivity (Wildman–Crippen MR) is 108 cm³/mol. The van der Waals surface area contributed by atoms with Gasteiger partial charge in [0, 0.05) is 31.7 Å². The molecule has 4 rings (SSSR count). The van der Waals surface area contributed by atoms with E-state index in [9.17, 15) is 4.79 Å². The molecule has 0 spiro atoms. The van der Waals surface area contributed by atoms with Crippen molar-refractivity contribution < 1.29 is 4.74 Å². The van der Waals surface area contributed by atoms with Gasteiger partial charge in [-0.1, -0.05) is 30.3 Å². The summed E-state index contributed by atoms with van der Waals surface area (Å²) < 4.78 is 5.82. The number of ether oxygens (including phenoxy) is 1. The van der Waals surface area contributed by atoms with Crippen molar-refractivity contribution in [3.63, 3.8) is 0 Å². The molecule has 0 bridgehead atoms. The highest BCUT2D eigenvalue weighted by molar-refractivity contribution is 5.45. The SMILES string of the molecule is C[C@@H]1CN(c2cc(=O)[nH]c(N3CCC[C@@H]3Cc3ccccc3)n2)C[C@H](C)O1. The molecule has 1 N–H and O–H groups in total. The van der Waals surface area contributed by atoms with Crippen LogP contribution in [0.1, 0.15) is 32.3 Å². The van der Waals surface area contributed by atoms with Gasteiger partial charge >= 0.3 is 0 Å². The lowest BCUT2D eigenvalue weighted by Crippen LogP contribution is -2.46. The number of nitrogens with one attached hydrogen (secondary N) is 1. The molecule has 0 radical (unpaired) electrons. The van der Waals surface area contributed by atoms with E-state index in [2.05, 4.69) is 52.9 Å². The van der Waals surface area contributed by atoms with Gasteiger partial charge in [0.05, 0.1) is 12.2 Å². The van der Waals surface area contributed by atoms with Crippen LogP contribution in [0.25, 0.3) is 0 Å². The molecule has 1 aromatic heterocycles. The summed E-state index contributed by atoms with van der Waals surface area (Å²) in [4.78, 5) is 24.6. The van der Waals surface area contributed by atoms with E-state index in [0.29, 0.717) is 12.0 Å². The lowest BCUT2D eigenvalue weighted by molar-refractivity contribution is -0.00546. The smallest absolute Gasteiger partial charge is 0.254 e. The molecular formula is C21H28N4O2. The molecule has 2 aromatic rings. The quantitative estimate of drug-likeness (QED) is 0.899. The van der Waals surface area contributed by atoms with E-state index in [1.165, 1.54) is 5.56 Å². The zero-order valence-corrected chi connectivity index (χ0v) is 16.1. The first-order valence-corrected chi connectivity index (χ1v) is 9.91. The molecule has 2 aliphatic heterocycles. The van der Waals surface area contributed by atoms with Crippen molar-refractivity contribution >= 4 is 11.8 Å². The third kappa shape index (κ3) is 4.16. The predicted octanol–water partition coefficient (Wildman–Crippen LogP) is 2.60. The second kappa shape index (κ2) is 7.72. The average Bonchev–Trinajstić information content (AvgIpc) is 3.09. The van der Waals surface area contributed by atoms with Crippen molar-refractivity contribution in [1.29, 1.82) is 0 Å². The minimum Gasteiger partial charge on any atom is -0.372 e. The van der Waals surface area contributed by atoms with E-state index in [1.807, 2.05) is 6.07 Å². The zero-order valence-electron chi connectivity index (χ0n) is 16.1. The Morgan fingerprint density at radius 2 is 1.93 bits per heavy atom. The Bertz CT molecular complexity index is 812. The number of anilines is 2. The van der Waals surface area contributed by atoms with Crippen molar-refractivity contribution in [2.45, 2.75) is 51.4 Å². The van der Waals surface area contributed by atoms with Crippen LogP contribution in [0.5, 0.6) is 0 Å². The number of hydrogen-bond donors (Lipinski definition) is 1. The Morgan fingerprint density at radius 1 is 1.19 bits per heavy atom. The number of H-pyrrole nitrogens is 1. The molecule has 2 aliphatic rings. The van der Waals surface area contributed by atoms with Gasteiger partial charge < -0.3 is 14.5 Å². The van der Waals surface area contributed by atoms with E-state index in [0.717, 1.165) is 44.7 Å². The Labute approximate surface area is 160 Å². The van der Waals surface area contributed by atoms with Gasteiger partial charge in [0.25, 0.3) is 5.56 Å². The van der Waals surface area contributed by atoms with Crippen molar-refractivity contribution in [1.82, 2.24) is 9.97 Å². The summed E-state index contributed by atoms with van der Waals surface area (Å²) in [5.41, 5.74) is 1.23. The van der Waals surface area contributed by atoms with Gasteiger partial charge in [-0.2, -0.15) is 4.98 Å². The van der Waals surface area contributed by atoms with Gasteiger partial charge in [-0.05, 0) is 38.7 Å². The average molecular weight is 368 g/mol. The van der Waals surface area contributed by atoms with Crippen LogP contribution in [-0.4, -0.2) is 47.9 Å². The van der Waals surface area contributed by atoms with Crippen molar-refractivity contribution in [2.75, 3.05) is 29.4 Å². The topological polar surface area (TPSA) is 61.5 Å². The first-order chi connectivity index (χ1) is 13.1. The van der Waals surface area contributed by atoms with Crippen LogP contribution < -0.4 is 15.4 Å². The first-order valence-electron chi connectivity index (χ1n) is 9.91. The Kier molecular flexibility index (Phi) is 5.16. The summed E-state index contributed by atoms with van der Waals surface area (Å²) in [6.07, 6.45) is 3.48. The van der Waals surface area contributed by atoms with Crippen molar-refractivity contribution in [3.05, 3.63) is 52.3 Å². The maximum atomic E-state index is 12.4. The summed E-state index contributed by atoms with van der Waals surface area (Å²) in [7, 11) is 0. The van der Waals surface area contributed by atoms with Crippen LogP contribution in [-0.2, 0) is 11.2 Å². The van der Waals surface area contributed by atoms with Gasteiger partial charge in [-0.3, -0.25) is 9.78 Å². The van der Waals surface area contributed by atoms with Gasteiger partial charge in [-0.25, -0.2) is 0 Å². The van der Waals surface area contributed by atoms with Gasteiger partial charge in [-0.15, -0.1) is 0 Å². The normalized spacial score (nSPS) is 25.8. The fourth-order valence-corrected chi connectivity index (χ4v) is 4.31. The van der Waals surface area contributed by atoms with Gasteiger partial charge in [0.2, 0.25) is 5.95 Å². The highest BCUT2D eigenvalue weighted by Crippen LogP contribution is 2.26.